The summed E-state index contributed by atoms with van der Waals surface area (Å²) in [5.74, 6) is -1.23. The molecule has 1 aromatic heterocycles. The molecule has 2 rings (SSSR count). The van der Waals surface area contributed by atoms with Gasteiger partial charge in [0.2, 0.25) is 10.0 Å². The fourth-order valence-corrected chi connectivity index (χ4v) is 2.25. The van der Waals surface area contributed by atoms with E-state index in [-0.39, 0.29) is 10.5 Å². The summed E-state index contributed by atoms with van der Waals surface area (Å²) < 4.78 is 27.4. The zero-order valence-corrected chi connectivity index (χ0v) is 13.5. The predicted octanol–water partition coefficient (Wildman–Crippen LogP) is 0.913. The summed E-state index contributed by atoms with van der Waals surface area (Å²) in [5.41, 5.74) is 0.575. The van der Waals surface area contributed by atoms with Crippen molar-refractivity contribution in [2.75, 3.05) is 5.32 Å². The third-order valence-corrected chi connectivity index (χ3v) is 3.93. The minimum absolute atomic E-state index is 0.0726. The van der Waals surface area contributed by atoms with Gasteiger partial charge >= 0.3 is 5.97 Å². The zero-order valence-electron chi connectivity index (χ0n) is 12.7. The maximum Gasteiger partial charge on any atom is 0.340 e. The number of amides is 1. The van der Waals surface area contributed by atoms with Gasteiger partial charge in [-0.15, -0.1) is 0 Å². The van der Waals surface area contributed by atoms with Crippen molar-refractivity contribution in [3.05, 3.63) is 54.4 Å². The van der Waals surface area contributed by atoms with Crippen LogP contribution in [0.25, 0.3) is 0 Å². The normalized spacial score (nSPS) is 12.2. The Balaban J connectivity index is 1.98. The number of nitrogens with zero attached hydrogens (tertiary/aromatic N) is 1. The Morgan fingerprint density at radius 1 is 1.21 bits per heavy atom. The van der Waals surface area contributed by atoms with E-state index in [1.54, 1.807) is 6.07 Å². The number of pyridine rings is 1. The van der Waals surface area contributed by atoms with Gasteiger partial charge in [0, 0.05) is 18.1 Å². The van der Waals surface area contributed by atoms with Crippen molar-refractivity contribution in [2.24, 2.45) is 5.14 Å². The summed E-state index contributed by atoms with van der Waals surface area (Å²) in [6.07, 6.45) is 1.80. The molecule has 1 aromatic carbocycles. The van der Waals surface area contributed by atoms with Gasteiger partial charge in [0.05, 0.1) is 10.5 Å². The van der Waals surface area contributed by atoms with Crippen LogP contribution in [-0.2, 0) is 19.6 Å². The van der Waals surface area contributed by atoms with Crippen molar-refractivity contribution in [2.45, 2.75) is 17.9 Å². The molecule has 1 amide bonds. The topological polar surface area (TPSA) is 128 Å². The Kier molecular flexibility index (Phi) is 5.27. The lowest BCUT2D eigenvalue weighted by atomic mass is 10.2. The van der Waals surface area contributed by atoms with E-state index in [2.05, 4.69) is 10.3 Å². The Morgan fingerprint density at radius 2 is 1.88 bits per heavy atom. The highest BCUT2D eigenvalue weighted by molar-refractivity contribution is 7.89. The first-order valence-corrected chi connectivity index (χ1v) is 8.37. The van der Waals surface area contributed by atoms with Crippen LogP contribution < -0.4 is 10.5 Å². The van der Waals surface area contributed by atoms with Gasteiger partial charge in [-0.2, -0.15) is 0 Å². The average molecular weight is 349 g/mol. The number of primary sulfonamides is 1. The van der Waals surface area contributed by atoms with Crippen LogP contribution in [0.1, 0.15) is 17.3 Å². The molecular formula is C15H15N3O5S. The first-order valence-electron chi connectivity index (χ1n) is 6.82. The molecule has 2 aromatic rings. The fraction of sp³-hybridized carbons (Fsp3) is 0.133. The number of nitrogens with one attached hydrogen (secondary N) is 1. The molecule has 0 saturated heterocycles. The molecule has 0 aliphatic carbocycles. The summed E-state index contributed by atoms with van der Waals surface area (Å²) in [4.78, 5) is 27.6. The van der Waals surface area contributed by atoms with Gasteiger partial charge in [-0.3, -0.25) is 9.78 Å². The second-order valence-corrected chi connectivity index (χ2v) is 6.41. The molecule has 0 fully saturated rings. The van der Waals surface area contributed by atoms with Gasteiger partial charge in [-0.25, -0.2) is 18.4 Å². The number of ether oxygens (including phenoxy) is 1. The predicted molar refractivity (Wildman–Crippen MR) is 85.6 cm³/mol. The van der Waals surface area contributed by atoms with E-state index in [4.69, 9.17) is 9.88 Å². The van der Waals surface area contributed by atoms with E-state index in [0.29, 0.717) is 5.69 Å². The highest BCUT2D eigenvalue weighted by Gasteiger charge is 2.19. The summed E-state index contributed by atoms with van der Waals surface area (Å²) in [5, 5.41) is 7.50. The number of hydrogen-bond acceptors (Lipinski definition) is 6. The largest absolute Gasteiger partial charge is 0.449 e. The minimum Gasteiger partial charge on any atom is -0.449 e. The van der Waals surface area contributed by atoms with E-state index >= 15 is 0 Å². The Morgan fingerprint density at radius 3 is 2.42 bits per heavy atom. The lowest BCUT2D eigenvalue weighted by Gasteiger charge is -2.13. The molecule has 126 valence electrons. The smallest absolute Gasteiger partial charge is 0.340 e. The van der Waals surface area contributed by atoms with Crippen molar-refractivity contribution < 1.29 is 22.7 Å². The molecule has 8 nitrogen and oxygen atoms in total. The van der Waals surface area contributed by atoms with Crippen molar-refractivity contribution >= 4 is 27.6 Å². The number of hydrogen-bond donors (Lipinski definition) is 2. The number of benzene rings is 1. The van der Waals surface area contributed by atoms with Crippen molar-refractivity contribution in [3.63, 3.8) is 0 Å². The number of aromatic nitrogens is 1. The van der Waals surface area contributed by atoms with Gasteiger partial charge in [0.15, 0.2) is 6.10 Å². The van der Waals surface area contributed by atoms with Gasteiger partial charge in [0.25, 0.3) is 5.91 Å². The Bertz CT molecular complexity index is 835. The van der Waals surface area contributed by atoms with E-state index in [0.717, 1.165) is 0 Å². The first-order chi connectivity index (χ1) is 11.3. The zero-order chi connectivity index (χ0) is 17.7. The van der Waals surface area contributed by atoms with Crippen LogP contribution in [0.15, 0.2) is 53.7 Å². The third-order valence-electron chi connectivity index (χ3n) is 3.00. The monoisotopic (exact) mass is 349 g/mol. The van der Waals surface area contributed by atoms with Gasteiger partial charge in [0.1, 0.15) is 0 Å². The van der Waals surface area contributed by atoms with Crippen LogP contribution in [0.4, 0.5) is 5.69 Å². The number of rotatable bonds is 5. The second-order valence-electron chi connectivity index (χ2n) is 4.85. The van der Waals surface area contributed by atoms with E-state index < -0.39 is 28.0 Å². The summed E-state index contributed by atoms with van der Waals surface area (Å²) in [6.45, 7) is 1.42. The van der Waals surface area contributed by atoms with E-state index in [9.17, 15) is 18.0 Å². The molecule has 9 heteroatoms. The van der Waals surface area contributed by atoms with Crippen LogP contribution >= 0.6 is 0 Å². The van der Waals surface area contributed by atoms with Crippen LogP contribution in [0.3, 0.4) is 0 Å². The highest BCUT2D eigenvalue weighted by atomic mass is 32.2. The van der Waals surface area contributed by atoms with Gasteiger partial charge < -0.3 is 10.1 Å². The molecule has 0 saturated carbocycles. The number of carbonyl (C=O) groups is 2. The number of anilines is 1. The summed E-state index contributed by atoms with van der Waals surface area (Å²) in [7, 11) is -3.80. The van der Waals surface area contributed by atoms with Crippen LogP contribution in [0, 0.1) is 0 Å². The summed E-state index contributed by atoms with van der Waals surface area (Å²) in [6, 6.07) is 8.38. The van der Waals surface area contributed by atoms with E-state index in [1.807, 2.05) is 0 Å². The Labute approximate surface area is 138 Å². The molecule has 24 heavy (non-hydrogen) atoms. The number of sulfonamides is 1. The van der Waals surface area contributed by atoms with Crippen LogP contribution in [0.5, 0.6) is 0 Å². The number of esters is 1. The van der Waals surface area contributed by atoms with Crippen molar-refractivity contribution in [1.82, 2.24) is 4.98 Å². The van der Waals surface area contributed by atoms with Crippen molar-refractivity contribution in [3.8, 4) is 0 Å². The van der Waals surface area contributed by atoms with E-state index in [1.165, 1.54) is 49.6 Å². The summed E-state index contributed by atoms with van der Waals surface area (Å²) >= 11 is 0. The second kappa shape index (κ2) is 7.20. The first kappa shape index (κ1) is 17.6. The average Bonchev–Trinajstić information content (AvgIpc) is 2.55. The maximum absolute atomic E-state index is 12.0. The third kappa shape index (κ3) is 4.61. The molecule has 0 radical (unpaired) electrons. The van der Waals surface area contributed by atoms with Gasteiger partial charge in [-0.05, 0) is 43.3 Å². The molecule has 0 aliphatic heterocycles. The number of carbonyl (C=O) groups excluding carboxylic acids is 2. The van der Waals surface area contributed by atoms with Gasteiger partial charge in [-0.1, -0.05) is 0 Å². The Hall–Kier alpha value is -2.78. The van der Waals surface area contributed by atoms with Crippen molar-refractivity contribution in [1.29, 1.82) is 0 Å². The lowest BCUT2D eigenvalue weighted by Crippen LogP contribution is -2.30. The molecule has 1 heterocycles. The standard InChI is InChI=1S/C15H15N3O5S/c1-10(23-15(20)11-3-2-8-17-9-11)14(19)18-12-4-6-13(7-5-12)24(16,21)22/h2-10H,1H3,(H,18,19)(H2,16,21,22). The molecule has 0 bridgehead atoms. The molecule has 1 atom stereocenters. The fourth-order valence-electron chi connectivity index (χ4n) is 1.74. The molecule has 1 unspecified atom stereocenters. The molecular weight excluding hydrogens is 334 g/mol. The molecule has 0 spiro atoms. The van der Waals surface area contributed by atoms with Crippen LogP contribution in [0.2, 0.25) is 0 Å². The molecule has 3 N–H and O–H groups in total. The highest BCUT2D eigenvalue weighted by Crippen LogP contribution is 2.13. The maximum atomic E-state index is 12.0. The quantitative estimate of drug-likeness (QED) is 0.772. The number of nitrogens with two attached hydrogens (primary N) is 1. The molecule has 0 aliphatic rings. The SMILES string of the molecule is CC(OC(=O)c1cccnc1)C(=O)Nc1ccc(S(N)(=O)=O)cc1. The lowest BCUT2D eigenvalue weighted by molar-refractivity contribution is -0.123. The van der Waals surface area contributed by atoms with Crippen LogP contribution in [-0.4, -0.2) is 31.4 Å². The minimum atomic E-state index is -3.80.